The van der Waals surface area contributed by atoms with Gasteiger partial charge in [0.05, 0.1) is 11.7 Å². The number of rotatable bonds is 3. The second kappa shape index (κ2) is 4.40. The van der Waals surface area contributed by atoms with Crippen LogP contribution in [0.1, 0.15) is 33.1 Å². The Morgan fingerprint density at radius 2 is 2.13 bits per heavy atom. The zero-order valence-corrected chi connectivity index (χ0v) is 9.91. The minimum absolute atomic E-state index is 0.362. The van der Waals surface area contributed by atoms with Gasteiger partial charge in [0.1, 0.15) is 0 Å². The third-order valence-electron chi connectivity index (χ3n) is 3.81. The van der Waals surface area contributed by atoms with Crippen LogP contribution in [0.25, 0.3) is 0 Å². The second-order valence-electron chi connectivity index (χ2n) is 5.42. The van der Waals surface area contributed by atoms with E-state index in [4.69, 9.17) is 4.74 Å². The van der Waals surface area contributed by atoms with E-state index in [0.29, 0.717) is 12.0 Å². The van der Waals surface area contributed by atoms with Crippen LogP contribution in [0.4, 0.5) is 0 Å². The quantitative estimate of drug-likeness (QED) is 0.766. The summed E-state index contributed by atoms with van der Waals surface area (Å²) < 4.78 is 5.69. The van der Waals surface area contributed by atoms with Crippen molar-refractivity contribution in [2.45, 2.75) is 44.8 Å². The standard InChI is InChI=1S/C12H23NO2/c1-10(2)12(14)8-13(9-12)7-11-5-3-4-6-15-11/h10-11,14H,3-9H2,1-2H3. The van der Waals surface area contributed by atoms with Crippen molar-refractivity contribution in [3.8, 4) is 0 Å². The van der Waals surface area contributed by atoms with Crippen molar-refractivity contribution in [3.05, 3.63) is 0 Å². The summed E-state index contributed by atoms with van der Waals surface area (Å²) >= 11 is 0. The molecule has 0 aliphatic carbocycles. The Labute approximate surface area is 92.4 Å². The van der Waals surface area contributed by atoms with E-state index >= 15 is 0 Å². The maximum Gasteiger partial charge on any atom is 0.0922 e. The fourth-order valence-corrected chi connectivity index (χ4v) is 2.46. The predicted molar refractivity (Wildman–Crippen MR) is 59.8 cm³/mol. The fourth-order valence-electron chi connectivity index (χ4n) is 2.46. The Morgan fingerprint density at radius 3 is 2.67 bits per heavy atom. The van der Waals surface area contributed by atoms with Crippen molar-refractivity contribution in [2.75, 3.05) is 26.2 Å². The molecule has 1 unspecified atom stereocenters. The number of hydrogen-bond acceptors (Lipinski definition) is 3. The molecule has 3 nitrogen and oxygen atoms in total. The van der Waals surface area contributed by atoms with Gasteiger partial charge in [-0.15, -0.1) is 0 Å². The summed E-state index contributed by atoms with van der Waals surface area (Å²) in [5, 5.41) is 10.1. The molecule has 1 atom stereocenters. The maximum absolute atomic E-state index is 10.1. The molecule has 3 heteroatoms. The van der Waals surface area contributed by atoms with E-state index in [2.05, 4.69) is 18.7 Å². The summed E-state index contributed by atoms with van der Waals surface area (Å²) in [4.78, 5) is 2.32. The van der Waals surface area contributed by atoms with Gasteiger partial charge in [0.2, 0.25) is 0 Å². The zero-order chi connectivity index (χ0) is 10.9. The number of nitrogens with zero attached hydrogens (tertiary/aromatic N) is 1. The van der Waals surface area contributed by atoms with E-state index in [1.807, 2.05) is 0 Å². The van der Waals surface area contributed by atoms with Gasteiger partial charge >= 0.3 is 0 Å². The van der Waals surface area contributed by atoms with Gasteiger partial charge in [-0.1, -0.05) is 13.8 Å². The molecule has 88 valence electrons. The van der Waals surface area contributed by atoms with Gasteiger partial charge in [-0.25, -0.2) is 0 Å². The topological polar surface area (TPSA) is 32.7 Å². The molecule has 2 saturated heterocycles. The molecule has 15 heavy (non-hydrogen) atoms. The van der Waals surface area contributed by atoms with E-state index in [-0.39, 0.29) is 0 Å². The average Bonchev–Trinajstić information content (AvgIpc) is 2.16. The predicted octanol–water partition coefficient (Wildman–Crippen LogP) is 1.26. The lowest BCUT2D eigenvalue weighted by molar-refractivity contribution is -0.142. The highest BCUT2D eigenvalue weighted by Gasteiger charge is 2.44. The first-order valence-corrected chi connectivity index (χ1v) is 6.16. The van der Waals surface area contributed by atoms with Crippen molar-refractivity contribution >= 4 is 0 Å². The third-order valence-corrected chi connectivity index (χ3v) is 3.81. The molecule has 0 amide bonds. The van der Waals surface area contributed by atoms with Gasteiger partial charge < -0.3 is 9.84 Å². The molecule has 0 radical (unpaired) electrons. The number of hydrogen-bond donors (Lipinski definition) is 1. The highest BCUT2D eigenvalue weighted by Crippen LogP contribution is 2.29. The van der Waals surface area contributed by atoms with Crippen molar-refractivity contribution in [1.29, 1.82) is 0 Å². The Balaban J connectivity index is 1.70. The highest BCUT2D eigenvalue weighted by atomic mass is 16.5. The van der Waals surface area contributed by atoms with Crippen LogP contribution < -0.4 is 0 Å². The number of likely N-dealkylation sites (tertiary alicyclic amines) is 1. The molecule has 0 aromatic rings. The Bertz CT molecular complexity index is 206. The van der Waals surface area contributed by atoms with Crippen molar-refractivity contribution < 1.29 is 9.84 Å². The number of aliphatic hydroxyl groups is 1. The van der Waals surface area contributed by atoms with E-state index in [9.17, 15) is 5.11 Å². The third kappa shape index (κ3) is 2.52. The van der Waals surface area contributed by atoms with Crippen LogP contribution >= 0.6 is 0 Å². The second-order valence-corrected chi connectivity index (χ2v) is 5.42. The van der Waals surface area contributed by atoms with Crippen LogP contribution in [0.3, 0.4) is 0 Å². The van der Waals surface area contributed by atoms with Crippen molar-refractivity contribution in [3.63, 3.8) is 0 Å². The number of ether oxygens (including phenoxy) is 1. The lowest BCUT2D eigenvalue weighted by atomic mass is 9.83. The van der Waals surface area contributed by atoms with Crippen LogP contribution in [0.2, 0.25) is 0 Å². The molecule has 2 aliphatic rings. The van der Waals surface area contributed by atoms with Gasteiger partial charge in [-0.2, -0.15) is 0 Å². The zero-order valence-electron chi connectivity index (χ0n) is 9.91. The SMILES string of the molecule is CC(C)C1(O)CN(CC2CCCCO2)C1. The van der Waals surface area contributed by atoms with Crippen molar-refractivity contribution in [2.24, 2.45) is 5.92 Å². The van der Waals surface area contributed by atoms with Crippen LogP contribution in [0.5, 0.6) is 0 Å². The Kier molecular flexibility index (Phi) is 3.33. The summed E-state index contributed by atoms with van der Waals surface area (Å²) in [6.07, 6.45) is 4.12. The van der Waals surface area contributed by atoms with Crippen molar-refractivity contribution in [1.82, 2.24) is 4.90 Å². The van der Waals surface area contributed by atoms with Gasteiger partial charge in [0.25, 0.3) is 0 Å². The smallest absolute Gasteiger partial charge is 0.0922 e. The van der Waals surface area contributed by atoms with Gasteiger partial charge in [-0.05, 0) is 25.2 Å². The van der Waals surface area contributed by atoms with Gasteiger partial charge in [-0.3, -0.25) is 4.90 Å². The highest BCUT2D eigenvalue weighted by molar-refractivity contribution is 4.98. The van der Waals surface area contributed by atoms with Crippen LogP contribution in [-0.4, -0.2) is 48.0 Å². The first kappa shape index (κ1) is 11.4. The first-order valence-electron chi connectivity index (χ1n) is 6.16. The molecular weight excluding hydrogens is 190 g/mol. The number of β-amino-alcohol motifs (C(OH)–C–C–N with tert-alkyl or cyclic N) is 1. The van der Waals surface area contributed by atoms with Crippen LogP contribution in [0.15, 0.2) is 0 Å². The molecule has 1 N–H and O–H groups in total. The van der Waals surface area contributed by atoms with Gasteiger partial charge in [0.15, 0.2) is 0 Å². The van der Waals surface area contributed by atoms with E-state index in [0.717, 1.165) is 26.2 Å². The average molecular weight is 213 g/mol. The molecule has 2 fully saturated rings. The molecule has 0 aromatic heterocycles. The summed E-state index contributed by atoms with van der Waals surface area (Å²) in [5.41, 5.74) is -0.436. The molecule has 0 spiro atoms. The summed E-state index contributed by atoms with van der Waals surface area (Å²) in [6, 6.07) is 0. The van der Waals surface area contributed by atoms with Crippen LogP contribution in [0, 0.1) is 5.92 Å². The summed E-state index contributed by atoms with van der Waals surface area (Å²) in [7, 11) is 0. The van der Waals surface area contributed by atoms with Crippen LogP contribution in [-0.2, 0) is 4.74 Å². The van der Waals surface area contributed by atoms with E-state index in [1.165, 1.54) is 19.3 Å². The minimum Gasteiger partial charge on any atom is -0.387 e. The molecule has 0 bridgehead atoms. The molecule has 2 heterocycles. The lowest BCUT2D eigenvalue weighted by Crippen LogP contribution is -2.65. The van der Waals surface area contributed by atoms with E-state index < -0.39 is 5.60 Å². The largest absolute Gasteiger partial charge is 0.387 e. The monoisotopic (exact) mass is 213 g/mol. The Morgan fingerprint density at radius 1 is 1.40 bits per heavy atom. The fraction of sp³-hybridized carbons (Fsp3) is 1.00. The minimum atomic E-state index is -0.436. The first-order chi connectivity index (χ1) is 7.10. The normalized spacial score (nSPS) is 31.6. The molecule has 0 aromatic carbocycles. The molecule has 2 aliphatic heterocycles. The van der Waals surface area contributed by atoms with Gasteiger partial charge in [0, 0.05) is 26.2 Å². The maximum atomic E-state index is 10.1. The molecule has 0 saturated carbocycles. The lowest BCUT2D eigenvalue weighted by Gasteiger charge is -2.50. The summed E-state index contributed by atoms with van der Waals surface area (Å²) in [5.74, 6) is 0.362. The Hall–Kier alpha value is -0.120. The molecular formula is C12H23NO2. The van der Waals surface area contributed by atoms with E-state index in [1.54, 1.807) is 0 Å². The summed E-state index contributed by atoms with van der Waals surface area (Å²) in [6.45, 7) is 7.76. The molecule has 2 rings (SSSR count).